The molecule has 0 bridgehead atoms. The number of ether oxygens (including phenoxy) is 1. The highest BCUT2D eigenvalue weighted by molar-refractivity contribution is 5.97. The minimum Gasteiger partial charge on any atom is -0.479 e. The van der Waals surface area contributed by atoms with Crippen molar-refractivity contribution < 1.29 is 9.53 Å². The number of rotatable bonds is 6. The third-order valence-electron chi connectivity index (χ3n) is 3.12. The van der Waals surface area contributed by atoms with Crippen LogP contribution in [0.5, 0.6) is 5.75 Å². The molecule has 5 nitrogen and oxygen atoms in total. The van der Waals surface area contributed by atoms with Crippen LogP contribution in [-0.4, -0.2) is 38.7 Å². The lowest BCUT2D eigenvalue weighted by molar-refractivity contribution is -0.122. The third-order valence-corrected chi connectivity index (χ3v) is 3.12. The van der Waals surface area contributed by atoms with Gasteiger partial charge >= 0.3 is 0 Å². The van der Waals surface area contributed by atoms with Crippen LogP contribution in [0.15, 0.2) is 18.2 Å². The lowest BCUT2D eigenvalue weighted by Crippen LogP contribution is -2.34. The van der Waals surface area contributed by atoms with E-state index in [0.29, 0.717) is 0 Å². The Morgan fingerprint density at radius 1 is 1.32 bits per heavy atom. The van der Waals surface area contributed by atoms with Crippen LogP contribution in [0.4, 0.5) is 5.69 Å². The second kappa shape index (κ2) is 6.54. The Morgan fingerprint density at radius 2 is 2.16 bits per heavy atom. The zero-order chi connectivity index (χ0) is 13.7. The van der Waals surface area contributed by atoms with Gasteiger partial charge in [0.15, 0.2) is 6.10 Å². The van der Waals surface area contributed by atoms with Gasteiger partial charge in [0.2, 0.25) is 0 Å². The molecule has 0 aromatic heterocycles. The van der Waals surface area contributed by atoms with Crippen LogP contribution in [-0.2, 0) is 11.2 Å². The molecule has 3 N–H and O–H groups in total. The van der Waals surface area contributed by atoms with E-state index in [1.807, 2.05) is 25.2 Å². The topological polar surface area (TPSA) is 62.4 Å². The quantitative estimate of drug-likeness (QED) is 0.663. The molecule has 1 aromatic rings. The minimum atomic E-state index is -0.415. The maximum absolute atomic E-state index is 11.5. The number of nitrogens with one attached hydrogen (secondary N) is 3. The highest BCUT2D eigenvalue weighted by Gasteiger charge is 2.23. The summed E-state index contributed by atoms with van der Waals surface area (Å²) in [4.78, 5) is 11.5. The van der Waals surface area contributed by atoms with E-state index in [2.05, 4.69) is 16.0 Å². The Labute approximate surface area is 113 Å². The molecule has 1 aromatic carbocycles. The second-order valence-corrected chi connectivity index (χ2v) is 4.68. The lowest BCUT2D eigenvalue weighted by atomic mass is 10.1. The van der Waals surface area contributed by atoms with Crippen LogP contribution in [0.25, 0.3) is 0 Å². The van der Waals surface area contributed by atoms with Gasteiger partial charge in [-0.1, -0.05) is 6.07 Å². The van der Waals surface area contributed by atoms with Crippen LogP contribution in [0.3, 0.4) is 0 Å². The number of fused-ring (bicyclic) bond motifs is 1. The number of hydrogen-bond donors (Lipinski definition) is 3. The summed E-state index contributed by atoms with van der Waals surface area (Å²) in [6.07, 6.45) is 0.518. The first-order valence-corrected chi connectivity index (χ1v) is 6.66. The number of benzene rings is 1. The van der Waals surface area contributed by atoms with Crippen molar-refractivity contribution in [2.45, 2.75) is 19.4 Å². The number of likely N-dealkylation sites (N-methyl/N-ethyl adjacent to an activating group) is 1. The first kappa shape index (κ1) is 13.8. The third kappa shape index (κ3) is 3.68. The van der Waals surface area contributed by atoms with E-state index in [1.54, 1.807) is 6.92 Å². The summed E-state index contributed by atoms with van der Waals surface area (Å²) in [7, 11) is 1.94. The predicted molar refractivity (Wildman–Crippen MR) is 75.7 cm³/mol. The number of carbonyl (C=O) groups is 1. The van der Waals surface area contributed by atoms with E-state index in [4.69, 9.17) is 4.74 Å². The maximum Gasteiger partial charge on any atom is 0.265 e. The molecule has 0 radical (unpaired) electrons. The van der Waals surface area contributed by atoms with Gasteiger partial charge in [0, 0.05) is 13.1 Å². The van der Waals surface area contributed by atoms with Crippen molar-refractivity contribution in [2.75, 3.05) is 32.0 Å². The molecule has 1 atom stereocenters. The molecule has 2 rings (SSSR count). The Balaban J connectivity index is 1.90. The molecule has 1 aliphatic rings. The van der Waals surface area contributed by atoms with Crippen LogP contribution < -0.4 is 20.7 Å². The van der Waals surface area contributed by atoms with Crippen molar-refractivity contribution in [3.63, 3.8) is 0 Å². The molecule has 1 aliphatic heterocycles. The van der Waals surface area contributed by atoms with Gasteiger partial charge in [-0.3, -0.25) is 4.79 Å². The minimum absolute atomic E-state index is 0.0863. The van der Waals surface area contributed by atoms with Crippen LogP contribution in [0.2, 0.25) is 0 Å². The van der Waals surface area contributed by atoms with Gasteiger partial charge in [0.05, 0.1) is 5.69 Å². The summed E-state index contributed by atoms with van der Waals surface area (Å²) in [5, 5.41) is 9.31. The molecule has 0 aliphatic carbocycles. The van der Waals surface area contributed by atoms with Gasteiger partial charge in [0.25, 0.3) is 5.91 Å². The van der Waals surface area contributed by atoms with Gasteiger partial charge < -0.3 is 20.7 Å². The van der Waals surface area contributed by atoms with Crippen molar-refractivity contribution in [3.05, 3.63) is 23.8 Å². The Kier molecular flexibility index (Phi) is 4.76. The monoisotopic (exact) mass is 263 g/mol. The van der Waals surface area contributed by atoms with Crippen LogP contribution in [0.1, 0.15) is 12.5 Å². The standard InChI is InChI=1S/C14H21N3O2/c1-10-14(18)17-12-9-11(3-4-13(12)19-10)5-6-16-8-7-15-2/h3-4,9-10,15-16H,5-8H2,1-2H3,(H,17,18). The summed E-state index contributed by atoms with van der Waals surface area (Å²) in [5.41, 5.74) is 1.96. The van der Waals surface area contributed by atoms with E-state index >= 15 is 0 Å². The van der Waals surface area contributed by atoms with E-state index < -0.39 is 6.10 Å². The summed E-state index contributed by atoms with van der Waals surface area (Å²) in [6.45, 7) is 4.59. The molecular weight excluding hydrogens is 242 g/mol. The van der Waals surface area contributed by atoms with Gasteiger partial charge in [-0.2, -0.15) is 0 Å². The Hall–Kier alpha value is -1.59. The lowest BCUT2D eigenvalue weighted by Gasteiger charge is -2.23. The largest absolute Gasteiger partial charge is 0.479 e. The predicted octanol–water partition coefficient (Wildman–Crippen LogP) is 0.757. The van der Waals surface area contributed by atoms with E-state index in [-0.39, 0.29) is 5.91 Å². The van der Waals surface area contributed by atoms with Gasteiger partial charge in [-0.05, 0) is 44.6 Å². The van der Waals surface area contributed by atoms with E-state index in [9.17, 15) is 4.79 Å². The van der Waals surface area contributed by atoms with Gasteiger partial charge in [-0.15, -0.1) is 0 Å². The molecule has 0 saturated carbocycles. The average Bonchev–Trinajstić information content (AvgIpc) is 2.40. The molecule has 104 valence electrons. The fraction of sp³-hybridized carbons (Fsp3) is 0.500. The zero-order valence-electron chi connectivity index (χ0n) is 11.5. The highest BCUT2D eigenvalue weighted by Crippen LogP contribution is 2.30. The summed E-state index contributed by atoms with van der Waals surface area (Å²) in [6, 6.07) is 5.95. The SMILES string of the molecule is CNCCNCCc1ccc2c(c1)NC(=O)C(C)O2. The first-order chi connectivity index (χ1) is 9.20. The van der Waals surface area contributed by atoms with Gasteiger partial charge in [0.1, 0.15) is 5.75 Å². The molecule has 19 heavy (non-hydrogen) atoms. The van der Waals surface area contributed by atoms with Crippen LogP contribution >= 0.6 is 0 Å². The van der Waals surface area contributed by atoms with E-state index in [1.165, 1.54) is 5.56 Å². The first-order valence-electron chi connectivity index (χ1n) is 6.66. The van der Waals surface area contributed by atoms with Crippen LogP contribution in [0, 0.1) is 0 Å². The Bertz CT molecular complexity index is 448. The molecule has 5 heteroatoms. The second-order valence-electron chi connectivity index (χ2n) is 4.68. The summed E-state index contributed by atoms with van der Waals surface area (Å²) in [5.74, 6) is 0.663. The Morgan fingerprint density at radius 3 is 2.95 bits per heavy atom. The normalized spacial score (nSPS) is 17.6. The van der Waals surface area contributed by atoms with E-state index in [0.717, 1.165) is 37.5 Å². The molecule has 1 heterocycles. The summed E-state index contributed by atoms with van der Waals surface area (Å²) >= 11 is 0. The van der Waals surface area contributed by atoms with Crippen molar-refractivity contribution in [2.24, 2.45) is 0 Å². The van der Waals surface area contributed by atoms with Crippen molar-refractivity contribution in [1.82, 2.24) is 10.6 Å². The number of anilines is 1. The molecule has 0 spiro atoms. The average molecular weight is 263 g/mol. The fourth-order valence-corrected chi connectivity index (χ4v) is 1.98. The molecule has 0 fully saturated rings. The fourth-order valence-electron chi connectivity index (χ4n) is 1.98. The molecular formula is C14H21N3O2. The molecule has 1 amide bonds. The smallest absolute Gasteiger partial charge is 0.265 e. The summed E-state index contributed by atoms with van der Waals surface area (Å²) < 4.78 is 5.52. The number of carbonyl (C=O) groups excluding carboxylic acids is 1. The zero-order valence-corrected chi connectivity index (χ0v) is 11.5. The number of hydrogen-bond acceptors (Lipinski definition) is 4. The van der Waals surface area contributed by atoms with Gasteiger partial charge in [-0.25, -0.2) is 0 Å². The molecule has 0 saturated heterocycles. The maximum atomic E-state index is 11.5. The van der Waals surface area contributed by atoms with Crippen molar-refractivity contribution in [1.29, 1.82) is 0 Å². The van der Waals surface area contributed by atoms with Crippen molar-refractivity contribution in [3.8, 4) is 5.75 Å². The molecule has 1 unspecified atom stereocenters. The number of amides is 1. The van der Waals surface area contributed by atoms with Crippen molar-refractivity contribution >= 4 is 11.6 Å². The highest BCUT2D eigenvalue weighted by atomic mass is 16.5.